The van der Waals surface area contributed by atoms with Crippen molar-refractivity contribution in [2.24, 2.45) is 5.41 Å². The van der Waals surface area contributed by atoms with Gasteiger partial charge in [0, 0.05) is 10.3 Å². The molecule has 2 aromatic rings. The minimum Gasteiger partial charge on any atom is -0.492 e. The van der Waals surface area contributed by atoms with Gasteiger partial charge in [-0.2, -0.15) is 0 Å². The van der Waals surface area contributed by atoms with Gasteiger partial charge in [-0.05, 0) is 50.3 Å². The molecule has 1 aromatic heterocycles. The van der Waals surface area contributed by atoms with Crippen molar-refractivity contribution in [3.05, 3.63) is 40.3 Å². The van der Waals surface area contributed by atoms with Crippen LogP contribution in [0.25, 0.3) is 0 Å². The van der Waals surface area contributed by atoms with Gasteiger partial charge >= 0.3 is 0 Å². The summed E-state index contributed by atoms with van der Waals surface area (Å²) in [5.74, 6) is 0.355. The molecule has 1 aliphatic rings. The van der Waals surface area contributed by atoms with Crippen LogP contribution in [0, 0.1) is 5.41 Å². The molecule has 0 unspecified atom stereocenters. The maximum atomic E-state index is 13.2. The van der Waals surface area contributed by atoms with Gasteiger partial charge in [0.15, 0.2) is 0 Å². The van der Waals surface area contributed by atoms with Gasteiger partial charge in [0.25, 0.3) is 5.91 Å². The fraction of sp³-hybridized carbons (Fsp3) is 0.455. The molecule has 0 saturated heterocycles. The Morgan fingerprint density at radius 2 is 1.82 bits per heavy atom. The second kappa shape index (κ2) is 8.35. The van der Waals surface area contributed by atoms with Crippen LogP contribution in [0.1, 0.15) is 61.3 Å². The summed E-state index contributed by atoms with van der Waals surface area (Å²) in [4.78, 5) is 27.0. The number of anilines is 2. The number of hydrogen-bond acceptors (Lipinski definition) is 4. The van der Waals surface area contributed by atoms with Crippen LogP contribution >= 0.6 is 11.3 Å². The number of para-hydroxylation sites is 2. The van der Waals surface area contributed by atoms with Crippen LogP contribution in [0.4, 0.5) is 10.7 Å². The molecule has 0 atom stereocenters. The number of nitrogens with one attached hydrogen (secondary N) is 2. The van der Waals surface area contributed by atoms with Gasteiger partial charge in [-0.25, -0.2) is 0 Å². The Hall–Kier alpha value is -2.34. The molecule has 0 fully saturated rings. The van der Waals surface area contributed by atoms with Gasteiger partial charge in [-0.3, -0.25) is 9.59 Å². The van der Waals surface area contributed by atoms with Crippen molar-refractivity contribution in [1.82, 2.24) is 0 Å². The summed E-state index contributed by atoms with van der Waals surface area (Å²) in [6, 6.07) is 7.41. The number of ether oxygens (including phenoxy) is 1. The van der Waals surface area contributed by atoms with Crippen molar-refractivity contribution in [3.63, 3.8) is 0 Å². The number of aryl methyl sites for hydroxylation is 1. The van der Waals surface area contributed by atoms with Gasteiger partial charge in [0.1, 0.15) is 10.8 Å². The molecule has 150 valence electrons. The lowest BCUT2D eigenvalue weighted by molar-refractivity contribution is -0.123. The SMILES string of the molecule is CCOc1ccccc1NC(=O)c1c(NC(=O)C(C)(C)C)sc2c1CCCC2. The summed E-state index contributed by atoms with van der Waals surface area (Å²) in [6.07, 6.45) is 4.01. The standard InChI is InChI=1S/C22H28N2O3S/c1-5-27-16-12-8-7-11-15(16)23-19(25)18-14-10-6-9-13-17(14)28-20(18)24-21(26)22(2,3)4/h7-8,11-12H,5-6,9-10,13H2,1-4H3,(H,23,25)(H,24,26). The minimum absolute atomic E-state index is 0.0881. The first-order valence-electron chi connectivity index (χ1n) is 9.80. The zero-order chi connectivity index (χ0) is 20.3. The van der Waals surface area contributed by atoms with E-state index >= 15 is 0 Å². The van der Waals surface area contributed by atoms with E-state index in [1.54, 1.807) is 0 Å². The van der Waals surface area contributed by atoms with E-state index in [-0.39, 0.29) is 11.8 Å². The molecule has 2 amide bonds. The molecule has 1 aromatic carbocycles. The van der Waals surface area contributed by atoms with Crippen molar-refractivity contribution in [1.29, 1.82) is 0 Å². The molecule has 1 aliphatic carbocycles. The lowest BCUT2D eigenvalue weighted by atomic mass is 9.94. The number of thiophene rings is 1. The van der Waals surface area contributed by atoms with Crippen molar-refractivity contribution in [2.75, 3.05) is 17.2 Å². The fourth-order valence-electron chi connectivity index (χ4n) is 3.22. The Kier molecular flexibility index (Phi) is 6.08. The van der Waals surface area contributed by atoms with E-state index in [1.807, 2.05) is 52.0 Å². The molecule has 3 rings (SSSR count). The molecular weight excluding hydrogens is 372 g/mol. The van der Waals surface area contributed by atoms with E-state index < -0.39 is 5.41 Å². The zero-order valence-electron chi connectivity index (χ0n) is 17.0. The number of carbonyl (C=O) groups is 2. The van der Waals surface area contributed by atoms with Crippen LogP contribution in [-0.4, -0.2) is 18.4 Å². The fourth-order valence-corrected chi connectivity index (χ4v) is 4.50. The highest BCUT2D eigenvalue weighted by molar-refractivity contribution is 7.17. The molecule has 2 N–H and O–H groups in total. The van der Waals surface area contributed by atoms with Crippen LogP contribution in [0.5, 0.6) is 5.75 Å². The molecule has 1 heterocycles. The quantitative estimate of drug-likeness (QED) is 0.719. The number of rotatable bonds is 5. The highest BCUT2D eigenvalue weighted by atomic mass is 32.1. The van der Waals surface area contributed by atoms with Gasteiger partial charge in [0.05, 0.1) is 17.9 Å². The average molecular weight is 401 g/mol. The second-order valence-electron chi connectivity index (χ2n) is 8.00. The number of benzene rings is 1. The van der Waals surface area contributed by atoms with Gasteiger partial charge < -0.3 is 15.4 Å². The maximum Gasteiger partial charge on any atom is 0.259 e. The molecule has 0 spiro atoms. The third kappa shape index (κ3) is 4.38. The molecule has 0 saturated carbocycles. The predicted octanol–water partition coefficient (Wildman–Crippen LogP) is 5.26. The molecule has 6 heteroatoms. The first kappa shape index (κ1) is 20.4. The summed E-state index contributed by atoms with van der Waals surface area (Å²) in [6.45, 7) is 8.04. The van der Waals surface area contributed by atoms with Gasteiger partial charge in [-0.1, -0.05) is 32.9 Å². The molecular formula is C22H28N2O3S. The second-order valence-corrected chi connectivity index (χ2v) is 9.11. The van der Waals surface area contributed by atoms with Crippen LogP contribution in [-0.2, 0) is 17.6 Å². The Morgan fingerprint density at radius 3 is 2.54 bits per heavy atom. The number of hydrogen-bond donors (Lipinski definition) is 2. The van der Waals surface area contributed by atoms with Gasteiger partial charge in [0.2, 0.25) is 5.91 Å². The smallest absolute Gasteiger partial charge is 0.259 e. The van der Waals surface area contributed by atoms with Crippen LogP contribution < -0.4 is 15.4 Å². The van der Waals surface area contributed by atoms with E-state index in [4.69, 9.17) is 4.74 Å². The van der Waals surface area contributed by atoms with Crippen molar-refractivity contribution in [3.8, 4) is 5.75 Å². The maximum absolute atomic E-state index is 13.2. The van der Waals surface area contributed by atoms with Crippen molar-refractivity contribution >= 4 is 33.8 Å². The average Bonchev–Trinajstić information content (AvgIpc) is 3.00. The highest BCUT2D eigenvalue weighted by Gasteiger charge is 2.29. The Labute approximate surface area is 170 Å². The van der Waals surface area contributed by atoms with E-state index in [0.29, 0.717) is 28.6 Å². The van der Waals surface area contributed by atoms with E-state index in [2.05, 4.69) is 10.6 Å². The largest absolute Gasteiger partial charge is 0.492 e. The molecule has 0 aliphatic heterocycles. The number of carbonyl (C=O) groups excluding carboxylic acids is 2. The van der Waals surface area contributed by atoms with Gasteiger partial charge in [-0.15, -0.1) is 11.3 Å². The molecule has 28 heavy (non-hydrogen) atoms. The summed E-state index contributed by atoms with van der Waals surface area (Å²) < 4.78 is 5.63. The first-order chi connectivity index (χ1) is 13.3. The van der Waals surface area contributed by atoms with E-state index in [1.165, 1.54) is 16.2 Å². The third-order valence-electron chi connectivity index (χ3n) is 4.74. The lowest BCUT2D eigenvalue weighted by Gasteiger charge is -2.18. The monoisotopic (exact) mass is 400 g/mol. The van der Waals surface area contributed by atoms with Crippen molar-refractivity contribution < 1.29 is 14.3 Å². The van der Waals surface area contributed by atoms with Crippen molar-refractivity contribution in [2.45, 2.75) is 53.4 Å². The van der Waals surface area contributed by atoms with Crippen LogP contribution in [0.2, 0.25) is 0 Å². The Morgan fingerprint density at radius 1 is 1.11 bits per heavy atom. The third-order valence-corrected chi connectivity index (χ3v) is 5.95. The lowest BCUT2D eigenvalue weighted by Crippen LogP contribution is -2.28. The number of amides is 2. The highest BCUT2D eigenvalue weighted by Crippen LogP contribution is 2.39. The summed E-state index contributed by atoms with van der Waals surface area (Å²) in [5.41, 5.74) is 1.79. The summed E-state index contributed by atoms with van der Waals surface area (Å²) in [7, 11) is 0. The molecule has 0 radical (unpaired) electrons. The Balaban J connectivity index is 1.94. The number of fused-ring (bicyclic) bond motifs is 1. The topological polar surface area (TPSA) is 67.4 Å². The van der Waals surface area contributed by atoms with E-state index in [0.717, 1.165) is 31.2 Å². The van der Waals surface area contributed by atoms with Crippen LogP contribution in [0.3, 0.4) is 0 Å². The first-order valence-corrected chi connectivity index (χ1v) is 10.6. The molecule has 5 nitrogen and oxygen atoms in total. The normalized spacial score (nSPS) is 13.6. The summed E-state index contributed by atoms with van der Waals surface area (Å²) in [5, 5.41) is 6.64. The van der Waals surface area contributed by atoms with E-state index in [9.17, 15) is 9.59 Å². The molecule has 0 bridgehead atoms. The zero-order valence-corrected chi connectivity index (χ0v) is 17.8. The summed E-state index contributed by atoms with van der Waals surface area (Å²) >= 11 is 1.54. The minimum atomic E-state index is -0.528. The van der Waals surface area contributed by atoms with Crippen LogP contribution in [0.15, 0.2) is 24.3 Å². The predicted molar refractivity (Wildman–Crippen MR) is 115 cm³/mol. The Bertz CT molecular complexity index is 880.